The van der Waals surface area contributed by atoms with Crippen LogP contribution in [-0.4, -0.2) is 25.5 Å². The molecule has 0 aliphatic rings. The maximum Gasteiger partial charge on any atom is 0.262 e. The molecule has 0 heterocycles. The molecule has 132 valence electrons. The topological polar surface area (TPSA) is 91.2 Å². The largest absolute Gasteiger partial charge is 0.484 e. The number of benzene rings is 2. The Balaban J connectivity index is 1.91. The van der Waals surface area contributed by atoms with Gasteiger partial charge in [-0.05, 0) is 48.0 Å². The SMILES string of the molecule is CNC(=O)/C(C#N)=C/c1ccc(OCC(=O)Nc2ccc(F)cc2)cc1. The molecule has 0 saturated heterocycles. The second-order valence-electron chi connectivity index (χ2n) is 5.16. The van der Waals surface area contributed by atoms with Gasteiger partial charge in [0.1, 0.15) is 23.2 Å². The van der Waals surface area contributed by atoms with Crippen molar-refractivity contribution in [1.29, 1.82) is 5.26 Å². The van der Waals surface area contributed by atoms with Crippen LogP contribution in [0.5, 0.6) is 5.75 Å². The number of amides is 2. The Hall–Kier alpha value is -3.66. The summed E-state index contributed by atoms with van der Waals surface area (Å²) in [5, 5.41) is 13.9. The first kappa shape index (κ1) is 18.7. The number of anilines is 1. The van der Waals surface area contributed by atoms with E-state index in [4.69, 9.17) is 10.00 Å². The van der Waals surface area contributed by atoms with Gasteiger partial charge in [-0.25, -0.2) is 4.39 Å². The number of ether oxygens (including phenoxy) is 1. The van der Waals surface area contributed by atoms with Gasteiger partial charge < -0.3 is 15.4 Å². The standard InChI is InChI=1S/C19H16FN3O3/c1-22-19(25)14(11-21)10-13-2-8-17(9-3-13)26-12-18(24)23-16-6-4-15(20)5-7-16/h2-10H,12H2,1H3,(H,22,25)(H,23,24)/b14-10+. The number of carbonyl (C=O) groups is 2. The minimum absolute atomic E-state index is 0.0140. The predicted octanol–water partition coefficient (Wildman–Crippen LogP) is 2.50. The first-order valence-electron chi connectivity index (χ1n) is 7.64. The quantitative estimate of drug-likeness (QED) is 0.617. The fourth-order valence-electron chi connectivity index (χ4n) is 1.99. The van der Waals surface area contributed by atoms with Gasteiger partial charge in [-0.2, -0.15) is 5.26 Å². The molecule has 26 heavy (non-hydrogen) atoms. The molecule has 0 bridgehead atoms. The lowest BCUT2D eigenvalue weighted by Gasteiger charge is -2.08. The van der Waals surface area contributed by atoms with Gasteiger partial charge in [-0.15, -0.1) is 0 Å². The first-order valence-corrected chi connectivity index (χ1v) is 7.64. The molecule has 0 unspecified atom stereocenters. The molecule has 0 saturated carbocycles. The summed E-state index contributed by atoms with van der Waals surface area (Å²) in [4.78, 5) is 23.3. The zero-order valence-corrected chi connectivity index (χ0v) is 14.0. The Morgan fingerprint density at radius 3 is 2.38 bits per heavy atom. The van der Waals surface area contributed by atoms with Crippen LogP contribution in [0.2, 0.25) is 0 Å². The van der Waals surface area contributed by atoms with Gasteiger partial charge in [-0.1, -0.05) is 12.1 Å². The second kappa shape index (κ2) is 8.99. The van der Waals surface area contributed by atoms with Crippen LogP contribution in [0.4, 0.5) is 10.1 Å². The van der Waals surface area contributed by atoms with Crippen LogP contribution < -0.4 is 15.4 Å². The van der Waals surface area contributed by atoms with Crippen molar-refractivity contribution in [2.45, 2.75) is 0 Å². The Morgan fingerprint density at radius 1 is 1.15 bits per heavy atom. The minimum Gasteiger partial charge on any atom is -0.484 e. The zero-order valence-electron chi connectivity index (χ0n) is 14.0. The number of likely N-dealkylation sites (N-methyl/N-ethyl adjacent to an activating group) is 1. The monoisotopic (exact) mass is 353 g/mol. The highest BCUT2D eigenvalue weighted by molar-refractivity contribution is 6.01. The van der Waals surface area contributed by atoms with E-state index in [1.54, 1.807) is 24.3 Å². The fraction of sp³-hybridized carbons (Fsp3) is 0.105. The molecule has 2 rings (SSSR count). The highest BCUT2D eigenvalue weighted by Gasteiger charge is 2.07. The number of hydrogen-bond acceptors (Lipinski definition) is 4. The van der Waals surface area contributed by atoms with Crippen molar-refractivity contribution in [3.8, 4) is 11.8 Å². The molecule has 7 heteroatoms. The lowest BCUT2D eigenvalue weighted by molar-refractivity contribution is -0.118. The number of nitrogens with zero attached hydrogens (tertiary/aromatic N) is 1. The van der Waals surface area contributed by atoms with Gasteiger partial charge in [0.05, 0.1) is 0 Å². The number of carbonyl (C=O) groups excluding carboxylic acids is 2. The summed E-state index contributed by atoms with van der Waals surface area (Å²) in [6.07, 6.45) is 1.45. The Morgan fingerprint density at radius 2 is 1.81 bits per heavy atom. The van der Waals surface area contributed by atoms with Crippen LogP contribution in [0.15, 0.2) is 54.1 Å². The summed E-state index contributed by atoms with van der Waals surface area (Å²) in [5.74, 6) is -0.781. The van der Waals surface area contributed by atoms with E-state index in [-0.39, 0.29) is 23.9 Å². The fourth-order valence-corrected chi connectivity index (χ4v) is 1.99. The van der Waals surface area contributed by atoms with Crippen molar-refractivity contribution in [3.63, 3.8) is 0 Å². The van der Waals surface area contributed by atoms with Gasteiger partial charge in [0, 0.05) is 12.7 Å². The molecule has 0 aliphatic heterocycles. The summed E-state index contributed by atoms with van der Waals surface area (Å²) in [5.41, 5.74) is 1.10. The van der Waals surface area contributed by atoms with Crippen molar-refractivity contribution in [2.75, 3.05) is 19.0 Å². The molecule has 0 atom stereocenters. The van der Waals surface area contributed by atoms with E-state index in [0.717, 1.165) is 0 Å². The molecule has 2 aromatic carbocycles. The summed E-state index contributed by atoms with van der Waals surface area (Å²) in [6, 6.07) is 13.8. The molecule has 6 nitrogen and oxygen atoms in total. The van der Waals surface area contributed by atoms with E-state index in [0.29, 0.717) is 17.0 Å². The molecule has 2 N–H and O–H groups in total. The van der Waals surface area contributed by atoms with Crippen LogP contribution >= 0.6 is 0 Å². The third-order valence-electron chi connectivity index (χ3n) is 3.28. The van der Waals surface area contributed by atoms with Crippen LogP contribution in [0.3, 0.4) is 0 Å². The van der Waals surface area contributed by atoms with Crippen molar-refractivity contribution in [2.24, 2.45) is 0 Å². The average Bonchev–Trinajstić information content (AvgIpc) is 2.66. The van der Waals surface area contributed by atoms with Crippen LogP contribution in [-0.2, 0) is 9.59 Å². The van der Waals surface area contributed by atoms with E-state index in [2.05, 4.69) is 10.6 Å². The van der Waals surface area contributed by atoms with Crippen molar-refractivity contribution < 1.29 is 18.7 Å². The summed E-state index contributed by atoms with van der Waals surface area (Å²) >= 11 is 0. The predicted molar refractivity (Wildman–Crippen MR) is 94.6 cm³/mol. The van der Waals surface area contributed by atoms with E-state index < -0.39 is 5.91 Å². The zero-order chi connectivity index (χ0) is 18.9. The molecule has 0 aromatic heterocycles. The summed E-state index contributed by atoms with van der Waals surface area (Å²) in [6.45, 7) is -0.214. The van der Waals surface area contributed by atoms with Gasteiger partial charge in [0.2, 0.25) is 0 Å². The van der Waals surface area contributed by atoms with Crippen molar-refractivity contribution in [1.82, 2.24) is 5.32 Å². The normalized spacial score (nSPS) is 10.6. The molecule has 2 amide bonds. The number of hydrogen-bond donors (Lipinski definition) is 2. The van der Waals surface area contributed by atoms with Crippen LogP contribution in [0.1, 0.15) is 5.56 Å². The maximum absolute atomic E-state index is 12.8. The maximum atomic E-state index is 12.8. The average molecular weight is 353 g/mol. The van der Waals surface area contributed by atoms with E-state index >= 15 is 0 Å². The van der Waals surface area contributed by atoms with Gasteiger partial charge in [0.15, 0.2) is 6.61 Å². The second-order valence-corrected chi connectivity index (χ2v) is 5.16. The number of rotatable bonds is 6. The molecule has 0 spiro atoms. The van der Waals surface area contributed by atoms with Gasteiger partial charge in [-0.3, -0.25) is 9.59 Å². The summed E-state index contributed by atoms with van der Waals surface area (Å²) in [7, 11) is 1.45. The Bertz CT molecular complexity index is 853. The molecule has 0 fully saturated rings. The highest BCUT2D eigenvalue weighted by atomic mass is 19.1. The van der Waals surface area contributed by atoms with Gasteiger partial charge in [0.25, 0.3) is 11.8 Å². The number of nitrogens with one attached hydrogen (secondary N) is 2. The third-order valence-corrected chi connectivity index (χ3v) is 3.28. The van der Waals surface area contributed by atoms with Crippen LogP contribution in [0, 0.1) is 17.1 Å². The van der Waals surface area contributed by atoms with Crippen molar-refractivity contribution >= 4 is 23.6 Å². The van der Waals surface area contributed by atoms with E-state index in [9.17, 15) is 14.0 Å². The lowest BCUT2D eigenvalue weighted by Crippen LogP contribution is -2.20. The highest BCUT2D eigenvalue weighted by Crippen LogP contribution is 2.15. The van der Waals surface area contributed by atoms with E-state index in [1.807, 2.05) is 6.07 Å². The molecular formula is C19H16FN3O3. The molecule has 2 aromatic rings. The smallest absolute Gasteiger partial charge is 0.262 e. The number of halogens is 1. The van der Waals surface area contributed by atoms with Crippen molar-refractivity contribution in [3.05, 3.63) is 65.5 Å². The summed E-state index contributed by atoms with van der Waals surface area (Å²) < 4.78 is 18.2. The Labute approximate surface area is 149 Å². The minimum atomic E-state index is -0.467. The number of nitriles is 1. The molecule has 0 radical (unpaired) electrons. The first-order chi connectivity index (χ1) is 12.5. The molecule has 0 aliphatic carbocycles. The lowest BCUT2D eigenvalue weighted by atomic mass is 10.1. The van der Waals surface area contributed by atoms with Gasteiger partial charge >= 0.3 is 0 Å². The Kier molecular flexibility index (Phi) is 6.46. The third kappa shape index (κ3) is 5.46. The molecular weight excluding hydrogens is 337 g/mol. The van der Waals surface area contributed by atoms with Crippen LogP contribution in [0.25, 0.3) is 6.08 Å². The van der Waals surface area contributed by atoms with E-state index in [1.165, 1.54) is 37.4 Å².